The van der Waals surface area contributed by atoms with Crippen molar-refractivity contribution in [2.45, 2.75) is 56.0 Å². The molecule has 0 radical (unpaired) electrons. The first kappa shape index (κ1) is 23.8. The Morgan fingerprint density at radius 1 is 1.18 bits per heavy atom. The molecule has 8 heteroatoms. The first-order valence-corrected chi connectivity index (χ1v) is 12.5. The number of para-hydroxylation sites is 1. The Bertz CT molecular complexity index is 1180. The van der Waals surface area contributed by atoms with Crippen molar-refractivity contribution in [3.63, 3.8) is 0 Å². The Morgan fingerprint density at radius 2 is 1.91 bits per heavy atom. The number of hydrogen-bond donors (Lipinski definition) is 1. The van der Waals surface area contributed by atoms with Crippen LogP contribution in [0, 0.1) is 17.2 Å². The average Bonchev–Trinajstić information content (AvgIpc) is 3.27. The molecular formula is C26H29N5O2S. The molecule has 1 aliphatic carbocycles. The van der Waals surface area contributed by atoms with Crippen LogP contribution in [0.5, 0.6) is 5.75 Å². The van der Waals surface area contributed by atoms with Crippen LogP contribution in [0.3, 0.4) is 0 Å². The lowest BCUT2D eigenvalue weighted by Crippen LogP contribution is -2.25. The van der Waals surface area contributed by atoms with Gasteiger partial charge in [-0.1, -0.05) is 43.7 Å². The molecule has 1 fully saturated rings. The van der Waals surface area contributed by atoms with Crippen LogP contribution in [0.15, 0.2) is 53.7 Å². The fraction of sp³-hybridized carbons (Fsp3) is 0.385. The van der Waals surface area contributed by atoms with E-state index >= 15 is 0 Å². The first-order valence-electron chi connectivity index (χ1n) is 11.6. The maximum absolute atomic E-state index is 13.0. The van der Waals surface area contributed by atoms with E-state index < -0.39 is 5.25 Å². The summed E-state index contributed by atoms with van der Waals surface area (Å²) in [5, 5.41) is 21.6. The van der Waals surface area contributed by atoms with Crippen molar-refractivity contribution in [1.29, 1.82) is 5.26 Å². The van der Waals surface area contributed by atoms with E-state index in [1.807, 2.05) is 31.2 Å². The van der Waals surface area contributed by atoms with Gasteiger partial charge in [-0.3, -0.25) is 9.36 Å². The van der Waals surface area contributed by atoms with Crippen LogP contribution in [0.25, 0.3) is 11.4 Å². The maximum Gasteiger partial charge on any atom is 0.237 e. The number of nitrogens with zero attached hydrogens (tertiary/aromatic N) is 4. The molecule has 1 amide bonds. The van der Waals surface area contributed by atoms with Gasteiger partial charge in [-0.05, 0) is 62.1 Å². The molecule has 1 heterocycles. The molecule has 1 aliphatic rings. The van der Waals surface area contributed by atoms with E-state index in [2.05, 4.69) is 33.1 Å². The van der Waals surface area contributed by atoms with Crippen LogP contribution in [-0.4, -0.2) is 33.0 Å². The van der Waals surface area contributed by atoms with Crippen molar-refractivity contribution in [3.05, 3.63) is 54.1 Å². The standard InChI is InChI=1S/C26H29N5O2S/c1-17-8-4-7-11-23(17)31-24(19-12-14-21(33-3)15-13-19)29-30-26(31)34-18(2)25(32)28-22-10-6-5-9-20(22)16-27/h5-6,9-10,12-15,17-18,23H,4,7-8,11H2,1-3H3,(H,28,32)/t17-,18-,23+/m1/s1. The van der Waals surface area contributed by atoms with Gasteiger partial charge in [-0.2, -0.15) is 5.26 Å². The highest BCUT2D eigenvalue weighted by Gasteiger charge is 2.30. The number of amides is 1. The average molecular weight is 476 g/mol. The lowest BCUT2D eigenvalue weighted by molar-refractivity contribution is -0.115. The van der Waals surface area contributed by atoms with Crippen LogP contribution in [0.1, 0.15) is 51.1 Å². The number of thioether (sulfide) groups is 1. The molecule has 3 aromatic rings. The molecule has 0 unspecified atom stereocenters. The molecule has 1 saturated carbocycles. The van der Waals surface area contributed by atoms with Gasteiger partial charge < -0.3 is 10.1 Å². The van der Waals surface area contributed by atoms with Gasteiger partial charge in [0.05, 0.1) is 23.6 Å². The van der Waals surface area contributed by atoms with Gasteiger partial charge in [0, 0.05) is 11.6 Å². The Morgan fingerprint density at radius 3 is 2.62 bits per heavy atom. The Labute approximate surface area is 204 Å². The number of benzene rings is 2. The minimum atomic E-state index is -0.419. The van der Waals surface area contributed by atoms with Crippen molar-refractivity contribution < 1.29 is 9.53 Å². The molecule has 176 valence electrons. The third-order valence-corrected chi connectivity index (χ3v) is 7.42. The number of hydrogen-bond acceptors (Lipinski definition) is 6. The molecule has 1 N–H and O–H groups in total. The van der Waals surface area contributed by atoms with E-state index in [1.54, 1.807) is 31.4 Å². The van der Waals surface area contributed by atoms with Crippen molar-refractivity contribution >= 4 is 23.4 Å². The summed E-state index contributed by atoms with van der Waals surface area (Å²) in [5.41, 5.74) is 1.93. The summed E-state index contributed by atoms with van der Waals surface area (Å²) in [6, 6.07) is 17.2. The SMILES string of the molecule is COc1ccc(-c2nnc(S[C@H](C)C(=O)Nc3ccccc3C#N)n2[C@H]2CCCC[C@H]2C)cc1. The molecule has 2 aromatic carbocycles. The molecular weight excluding hydrogens is 446 g/mol. The Balaban J connectivity index is 1.62. The number of carbonyl (C=O) groups excluding carboxylic acids is 1. The summed E-state index contributed by atoms with van der Waals surface area (Å²) < 4.78 is 7.53. The number of ether oxygens (including phenoxy) is 1. The number of aromatic nitrogens is 3. The second-order valence-corrected chi connectivity index (χ2v) is 9.95. The third kappa shape index (κ3) is 5.10. The number of anilines is 1. The van der Waals surface area contributed by atoms with Crippen molar-refractivity contribution in [1.82, 2.24) is 14.8 Å². The van der Waals surface area contributed by atoms with Crippen LogP contribution in [0.2, 0.25) is 0 Å². The van der Waals surface area contributed by atoms with Gasteiger partial charge in [0.2, 0.25) is 5.91 Å². The largest absolute Gasteiger partial charge is 0.497 e. The predicted molar refractivity (Wildman–Crippen MR) is 134 cm³/mol. The molecule has 0 aliphatic heterocycles. The van der Waals surface area contributed by atoms with Gasteiger partial charge in [0.25, 0.3) is 0 Å². The second kappa shape index (κ2) is 10.7. The summed E-state index contributed by atoms with van der Waals surface area (Å²) in [4.78, 5) is 13.0. The number of nitriles is 1. The highest BCUT2D eigenvalue weighted by atomic mass is 32.2. The van der Waals surface area contributed by atoms with Gasteiger partial charge in [0.1, 0.15) is 11.8 Å². The van der Waals surface area contributed by atoms with E-state index in [0.29, 0.717) is 17.2 Å². The van der Waals surface area contributed by atoms with Crippen LogP contribution in [0.4, 0.5) is 5.69 Å². The van der Waals surface area contributed by atoms with Crippen LogP contribution >= 0.6 is 11.8 Å². The summed E-state index contributed by atoms with van der Waals surface area (Å²) in [7, 11) is 1.65. The van der Waals surface area contributed by atoms with E-state index in [9.17, 15) is 10.1 Å². The summed E-state index contributed by atoms with van der Waals surface area (Å²) in [6.07, 6.45) is 4.62. The lowest BCUT2D eigenvalue weighted by atomic mass is 9.85. The van der Waals surface area contributed by atoms with E-state index in [-0.39, 0.29) is 11.9 Å². The van der Waals surface area contributed by atoms with E-state index in [0.717, 1.165) is 35.1 Å². The quantitative estimate of drug-likeness (QED) is 0.441. The Kier molecular flexibility index (Phi) is 7.53. The summed E-state index contributed by atoms with van der Waals surface area (Å²) in [6.45, 7) is 4.14. The third-order valence-electron chi connectivity index (χ3n) is 6.37. The van der Waals surface area contributed by atoms with Gasteiger partial charge in [0.15, 0.2) is 11.0 Å². The van der Waals surface area contributed by atoms with Gasteiger partial charge in [-0.25, -0.2) is 0 Å². The van der Waals surface area contributed by atoms with E-state index in [1.165, 1.54) is 24.6 Å². The van der Waals surface area contributed by atoms with Crippen molar-refractivity contribution in [3.8, 4) is 23.2 Å². The monoisotopic (exact) mass is 475 g/mol. The minimum absolute atomic E-state index is 0.176. The predicted octanol–water partition coefficient (Wildman–Crippen LogP) is 5.70. The normalized spacial score (nSPS) is 18.6. The minimum Gasteiger partial charge on any atom is -0.497 e. The zero-order valence-electron chi connectivity index (χ0n) is 19.7. The number of nitrogens with one attached hydrogen (secondary N) is 1. The van der Waals surface area contributed by atoms with Crippen molar-refractivity contribution in [2.75, 3.05) is 12.4 Å². The van der Waals surface area contributed by atoms with Crippen molar-refractivity contribution in [2.24, 2.45) is 5.92 Å². The Hall–Kier alpha value is -3.31. The molecule has 0 saturated heterocycles. The lowest BCUT2D eigenvalue weighted by Gasteiger charge is -2.31. The molecule has 34 heavy (non-hydrogen) atoms. The number of carbonyl (C=O) groups is 1. The fourth-order valence-corrected chi connectivity index (χ4v) is 5.31. The smallest absolute Gasteiger partial charge is 0.237 e. The summed E-state index contributed by atoms with van der Waals surface area (Å²) in [5.74, 6) is 1.92. The van der Waals surface area contributed by atoms with Crippen LogP contribution < -0.4 is 10.1 Å². The molecule has 4 rings (SSSR count). The van der Waals surface area contributed by atoms with Gasteiger partial charge in [-0.15, -0.1) is 10.2 Å². The first-order chi connectivity index (χ1) is 16.5. The number of rotatable bonds is 7. The molecule has 1 aromatic heterocycles. The zero-order chi connectivity index (χ0) is 24.1. The maximum atomic E-state index is 13.0. The fourth-order valence-electron chi connectivity index (χ4n) is 4.41. The summed E-state index contributed by atoms with van der Waals surface area (Å²) >= 11 is 1.40. The highest BCUT2D eigenvalue weighted by Crippen LogP contribution is 2.40. The topological polar surface area (TPSA) is 92.8 Å². The number of methoxy groups -OCH3 is 1. The molecule has 7 nitrogen and oxygen atoms in total. The molecule has 0 spiro atoms. The molecule has 0 bridgehead atoms. The zero-order valence-corrected chi connectivity index (χ0v) is 20.5. The van der Waals surface area contributed by atoms with Crippen LogP contribution in [-0.2, 0) is 4.79 Å². The van der Waals surface area contributed by atoms with Gasteiger partial charge >= 0.3 is 0 Å². The second-order valence-electron chi connectivity index (χ2n) is 8.64. The van der Waals surface area contributed by atoms with E-state index in [4.69, 9.17) is 4.74 Å². The molecule has 3 atom stereocenters. The highest BCUT2D eigenvalue weighted by molar-refractivity contribution is 8.00.